The fourth-order valence-electron chi connectivity index (χ4n) is 14.1. The van der Waals surface area contributed by atoms with Crippen molar-refractivity contribution in [1.29, 1.82) is 0 Å². The predicted molar refractivity (Wildman–Crippen MR) is 552 cm³/mol. The highest BCUT2D eigenvalue weighted by Gasteiger charge is 2.38. The number of esters is 2. The molecule has 124 heavy (non-hydrogen) atoms. The topological polar surface area (TPSA) is 192 Å². The zero-order valence-corrected chi connectivity index (χ0v) is 90.5. The zero-order chi connectivity index (χ0) is 96.9. The molecule has 0 aromatic heterocycles. The Labute approximate surface area is 780 Å². The lowest BCUT2D eigenvalue weighted by atomic mass is 9.67. The lowest BCUT2D eigenvalue weighted by Crippen LogP contribution is -2.39. The van der Waals surface area contributed by atoms with Crippen LogP contribution >= 0.6 is 0 Å². The van der Waals surface area contributed by atoms with E-state index in [0.717, 1.165) is 139 Å². The Bertz CT molecular complexity index is 1890. The van der Waals surface area contributed by atoms with E-state index in [9.17, 15) is 30.0 Å². The third kappa shape index (κ3) is 111. The van der Waals surface area contributed by atoms with Gasteiger partial charge in [0, 0.05) is 38.6 Å². The summed E-state index contributed by atoms with van der Waals surface area (Å²) in [6.07, 6.45) is 70.1. The SMILES string of the molecule is C/C=C/CCC.CC=CCC.CCC(C)C1CCC(C)(C)C(O)C1.CCC(C)C1CCC(C)(O)C(C)C1.CCCC1CCC(C)C(O)C1.CCCC1CCC(O)C(C)C1.CCCCC.CCCCCC.CCCCCCC.CCCCCCCC.CCCCOC(=O)CC.CCCCOC(=O)CCC.CCCCOCC(C)CO.CCCCOCC(O)CC. The number of hydrogen-bond donors (Lipinski definition) is 6. The van der Waals surface area contributed by atoms with Gasteiger partial charge >= 0.3 is 11.9 Å². The molecule has 15 atom stereocenters. The van der Waals surface area contributed by atoms with Crippen molar-refractivity contribution in [3.63, 3.8) is 0 Å². The minimum absolute atomic E-state index is 0.0110. The molecule has 0 aromatic rings. The summed E-state index contributed by atoms with van der Waals surface area (Å²) >= 11 is 0. The van der Waals surface area contributed by atoms with Gasteiger partial charge in [0.05, 0.1) is 56.4 Å². The van der Waals surface area contributed by atoms with Crippen LogP contribution in [0, 0.1) is 64.6 Å². The van der Waals surface area contributed by atoms with Gasteiger partial charge in [0.15, 0.2) is 0 Å². The summed E-state index contributed by atoms with van der Waals surface area (Å²) in [4.78, 5) is 21.2. The summed E-state index contributed by atoms with van der Waals surface area (Å²) in [6, 6.07) is 0. The molecule has 0 aliphatic heterocycles. The second kappa shape index (κ2) is 113. The normalized spacial score (nSPS) is 21.6. The number of ether oxygens (including phenoxy) is 4. The number of carbonyl (C=O) groups is 2. The molecule has 12 heteroatoms. The van der Waals surface area contributed by atoms with Gasteiger partial charge < -0.3 is 49.6 Å². The molecule has 0 aromatic carbocycles. The molecule has 756 valence electrons. The van der Waals surface area contributed by atoms with Crippen LogP contribution in [0.3, 0.4) is 0 Å². The van der Waals surface area contributed by atoms with Crippen molar-refractivity contribution >= 4 is 11.9 Å². The first-order valence-corrected chi connectivity index (χ1v) is 53.9. The standard InChI is InChI=1S/2C12H24O.2C10H20O.2C8H18O2.C8H16O2.C8H18.C7H14O2.C7H16.C6H14.C6H12.C5H12.C5H10/c1-5-9(2)10-6-7-12(3,4)11(13)8-10;1-5-9(2)11-6-7-12(4,13)10(3)8-11;1-3-4-9-5-6-10(11)8(2)7-9;1-3-4-9-6-5-8(2)10(11)7-9;1-3-4-5-10-7-8(2)6-9;1-3-5-6-10-7-8(9)4-2;1-3-5-7-10-8(9)6-4-2;1-3-5-7-8-6-4-2;1-3-5-6-9-7(8)4-2;1-3-5-7-6-4-2;2*1-3-5-6-4-2;2*1-3-5-4-2/h2*9-11,13H,5-8H2,1-4H3;2*8-11H,3-7H2,1-2H3;2*8-9H,3-7H2,1-2H3;3-7H2,1-2H3;3-8H2,1-2H3;3-6H2,1-2H3;3-7H2,1-2H3;3-6H2,1-2H3;3,5H,4,6H2,1-2H3;3-5H2,1-2H3;3,5H,4H2,1-2H3/b;;;;;;;;;;;5-3+;;. The second-order valence-electron chi connectivity index (χ2n) is 38.0. The van der Waals surface area contributed by atoms with E-state index in [-0.39, 0.29) is 54.3 Å². The first-order valence-electron chi connectivity index (χ1n) is 53.9. The van der Waals surface area contributed by atoms with E-state index in [1.165, 1.54) is 225 Å². The maximum Gasteiger partial charge on any atom is 0.305 e. The van der Waals surface area contributed by atoms with Crippen LogP contribution in [0.5, 0.6) is 0 Å². The van der Waals surface area contributed by atoms with E-state index >= 15 is 0 Å². The summed E-state index contributed by atoms with van der Waals surface area (Å²) < 4.78 is 20.1. The highest BCUT2D eigenvalue weighted by atomic mass is 16.5. The average Bonchev–Trinajstić information content (AvgIpc) is 0.837. The van der Waals surface area contributed by atoms with Crippen molar-refractivity contribution in [2.45, 2.75) is 579 Å². The van der Waals surface area contributed by atoms with Gasteiger partial charge in [0.25, 0.3) is 0 Å². The molecule has 4 rings (SSSR count). The van der Waals surface area contributed by atoms with Crippen molar-refractivity contribution < 1.29 is 59.2 Å². The number of hydrogen-bond acceptors (Lipinski definition) is 12. The Morgan fingerprint density at radius 1 is 0.411 bits per heavy atom. The van der Waals surface area contributed by atoms with Crippen LogP contribution in [0.4, 0.5) is 0 Å². The largest absolute Gasteiger partial charge is 0.466 e. The van der Waals surface area contributed by atoms with E-state index in [1.54, 1.807) is 6.92 Å². The van der Waals surface area contributed by atoms with Gasteiger partial charge in [-0.15, -0.1) is 0 Å². The molecular weight excluding hydrogens is 1540 g/mol. The molecule has 0 spiro atoms. The van der Waals surface area contributed by atoms with Crippen LogP contribution in [0.2, 0.25) is 0 Å². The van der Waals surface area contributed by atoms with E-state index in [2.05, 4.69) is 204 Å². The van der Waals surface area contributed by atoms with Crippen LogP contribution in [-0.4, -0.2) is 119 Å². The zero-order valence-electron chi connectivity index (χ0n) is 90.5. The molecule has 0 bridgehead atoms. The Balaban J connectivity index is -0.000000142. The second-order valence-corrected chi connectivity index (χ2v) is 38.0. The van der Waals surface area contributed by atoms with Gasteiger partial charge in [0.2, 0.25) is 0 Å². The van der Waals surface area contributed by atoms with Gasteiger partial charge in [-0.25, -0.2) is 0 Å². The van der Waals surface area contributed by atoms with Gasteiger partial charge in [0.1, 0.15) is 0 Å². The average molecular weight is 1780 g/mol. The molecule has 4 saturated carbocycles. The van der Waals surface area contributed by atoms with E-state index in [4.69, 9.17) is 29.2 Å². The summed E-state index contributed by atoms with van der Waals surface area (Å²) in [5, 5.41) is 56.6. The Hall–Kier alpha value is -1.90. The third-order valence-corrected chi connectivity index (χ3v) is 24.6. The minimum atomic E-state index is -0.399. The van der Waals surface area contributed by atoms with Crippen molar-refractivity contribution in [1.82, 2.24) is 0 Å². The fourth-order valence-corrected chi connectivity index (χ4v) is 14.1. The van der Waals surface area contributed by atoms with Gasteiger partial charge in [-0.1, -0.05) is 418 Å². The third-order valence-electron chi connectivity index (χ3n) is 24.6. The minimum Gasteiger partial charge on any atom is -0.466 e. The predicted octanol–water partition coefficient (Wildman–Crippen LogP) is 33.9. The number of unbranched alkanes of at least 4 members (excludes halogenated alkanes) is 19. The molecule has 4 aliphatic rings. The van der Waals surface area contributed by atoms with Gasteiger partial charge in [-0.3, -0.25) is 9.59 Å². The number of rotatable bonds is 46. The van der Waals surface area contributed by atoms with Crippen LogP contribution < -0.4 is 0 Å². The molecule has 0 saturated heterocycles. The van der Waals surface area contributed by atoms with Crippen LogP contribution in [0.25, 0.3) is 0 Å². The fraction of sp³-hybridized carbons (Fsp3) is 0.946. The van der Waals surface area contributed by atoms with E-state index < -0.39 is 5.60 Å². The molecule has 4 fully saturated rings. The van der Waals surface area contributed by atoms with Crippen LogP contribution in [-0.2, 0) is 28.5 Å². The van der Waals surface area contributed by atoms with Crippen LogP contribution in [0.15, 0.2) is 24.3 Å². The lowest BCUT2D eigenvalue weighted by molar-refractivity contribution is -0.144. The monoisotopic (exact) mass is 1770 g/mol. The first kappa shape index (κ1) is 142. The Morgan fingerprint density at radius 2 is 0.815 bits per heavy atom. The maximum absolute atomic E-state index is 10.7. The molecule has 0 radical (unpaired) electrons. The van der Waals surface area contributed by atoms with Crippen molar-refractivity contribution in [3.05, 3.63) is 24.3 Å². The molecule has 0 heterocycles. The highest BCUT2D eigenvalue weighted by molar-refractivity contribution is 5.69. The lowest BCUT2D eigenvalue weighted by Gasteiger charge is -2.41. The molecule has 15 unspecified atom stereocenters. The summed E-state index contributed by atoms with van der Waals surface area (Å²) in [5.41, 5.74) is -0.242. The van der Waals surface area contributed by atoms with E-state index in [0.29, 0.717) is 57.0 Å². The highest BCUT2D eigenvalue weighted by Crippen LogP contribution is 2.42. The number of carbonyl (C=O) groups excluding carboxylic acids is 2. The summed E-state index contributed by atoms with van der Waals surface area (Å²) in [7, 11) is 0. The molecule has 4 aliphatic carbocycles. The van der Waals surface area contributed by atoms with Crippen molar-refractivity contribution in [2.75, 3.05) is 46.2 Å². The first-order chi connectivity index (χ1) is 59.1. The smallest absolute Gasteiger partial charge is 0.305 e. The molecular formula is C112H236O12. The maximum atomic E-state index is 10.7. The van der Waals surface area contributed by atoms with E-state index in [1.807, 2.05) is 34.6 Å². The van der Waals surface area contributed by atoms with Crippen molar-refractivity contribution in [2.24, 2.45) is 64.6 Å². The number of aliphatic hydroxyl groups is 6. The molecule has 0 amide bonds. The Kier molecular flexibility index (Phi) is 130. The molecule has 6 N–H and O–H groups in total. The van der Waals surface area contributed by atoms with Crippen LogP contribution in [0.1, 0.15) is 549 Å². The summed E-state index contributed by atoms with van der Waals surface area (Å²) in [5.74, 6) is 6.63. The molecule has 12 nitrogen and oxygen atoms in total. The van der Waals surface area contributed by atoms with Gasteiger partial charge in [-0.05, 0) is 201 Å². The quantitative estimate of drug-likeness (QED) is 0.0192. The Morgan fingerprint density at radius 3 is 1.15 bits per heavy atom. The number of allylic oxidation sites excluding steroid dienone is 4. The number of aliphatic hydroxyl groups excluding tert-OH is 5. The summed E-state index contributed by atoms with van der Waals surface area (Å²) in [6.45, 7) is 73.1. The van der Waals surface area contributed by atoms with Gasteiger partial charge in [-0.2, -0.15) is 0 Å². The van der Waals surface area contributed by atoms with Crippen molar-refractivity contribution in [3.8, 4) is 0 Å².